The zero-order valence-corrected chi connectivity index (χ0v) is 13.6. The van der Waals surface area contributed by atoms with Crippen LogP contribution in [0.4, 0.5) is 0 Å². The maximum atomic E-state index is 11.9. The standard InChI is InChI=1S/C9H17O7PS2/c1-5-16-8(10)6-7(9(11)13-2)18-19(12)17(14-3)15-4/h7H,5-6H2,1-4H3. The molecule has 0 aromatic carbocycles. The summed E-state index contributed by atoms with van der Waals surface area (Å²) >= 11 is 0. The van der Waals surface area contributed by atoms with Gasteiger partial charge in [-0.15, -0.1) is 0 Å². The summed E-state index contributed by atoms with van der Waals surface area (Å²) in [6, 6.07) is 0. The molecule has 112 valence electrons. The van der Waals surface area contributed by atoms with Gasteiger partial charge in [0.25, 0.3) is 7.58 Å². The van der Waals surface area contributed by atoms with Crippen molar-refractivity contribution in [3.63, 3.8) is 0 Å². The van der Waals surface area contributed by atoms with E-state index in [0.717, 1.165) is 10.8 Å². The first-order valence-corrected chi connectivity index (χ1v) is 9.53. The van der Waals surface area contributed by atoms with E-state index in [2.05, 4.69) is 4.74 Å². The van der Waals surface area contributed by atoms with Gasteiger partial charge < -0.3 is 18.5 Å². The number of hydrogen-bond acceptors (Lipinski definition) is 8. The van der Waals surface area contributed by atoms with Crippen molar-refractivity contribution < 1.29 is 32.3 Å². The largest absolute Gasteiger partial charge is 0.468 e. The molecule has 0 radical (unpaired) electrons. The summed E-state index contributed by atoms with van der Waals surface area (Å²) in [5.74, 6) is -1.20. The van der Waals surface area contributed by atoms with Gasteiger partial charge in [0.05, 0.1) is 20.1 Å². The number of ether oxygens (including phenoxy) is 2. The maximum Gasteiger partial charge on any atom is 0.320 e. The van der Waals surface area contributed by atoms with E-state index in [-0.39, 0.29) is 13.0 Å². The number of methoxy groups -OCH3 is 1. The maximum absolute atomic E-state index is 11.9. The number of hydrogen-bond donors (Lipinski definition) is 0. The molecule has 0 spiro atoms. The van der Waals surface area contributed by atoms with Crippen LogP contribution in [-0.2, 0) is 37.6 Å². The lowest BCUT2D eigenvalue weighted by atomic mass is 10.3. The molecule has 0 fully saturated rings. The van der Waals surface area contributed by atoms with Gasteiger partial charge in [-0.3, -0.25) is 9.59 Å². The van der Waals surface area contributed by atoms with E-state index >= 15 is 0 Å². The highest BCUT2D eigenvalue weighted by Crippen LogP contribution is 2.47. The van der Waals surface area contributed by atoms with Gasteiger partial charge in [-0.2, -0.15) is 0 Å². The molecule has 0 saturated heterocycles. The van der Waals surface area contributed by atoms with E-state index in [9.17, 15) is 13.8 Å². The fourth-order valence-corrected chi connectivity index (χ4v) is 6.67. The van der Waals surface area contributed by atoms with Crippen LogP contribution in [0.3, 0.4) is 0 Å². The van der Waals surface area contributed by atoms with Crippen LogP contribution in [0, 0.1) is 0 Å². The van der Waals surface area contributed by atoms with E-state index in [4.69, 9.17) is 13.8 Å². The molecular formula is C9H17O7PS2. The molecule has 0 rings (SSSR count). The minimum atomic E-state index is -1.64. The Morgan fingerprint density at radius 3 is 2.26 bits per heavy atom. The average Bonchev–Trinajstić information content (AvgIpc) is 2.38. The van der Waals surface area contributed by atoms with Crippen molar-refractivity contribution in [1.82, 2.24) is 0 Å². The SMILES string of the molecule is CCOC(=O)CC(SS(=O)P(OC)OC)C(=O)OC. The topological polar surface area (TPSA) is 88.1 Å². The molecule has 2 atom stereocenters. The Bertz CT molecular complexity index is 322. The van der Waals surface area contributed by atoms with Gasteiger partial charge in [-0.1, -0.05) is 0 Å². The Kier molecular flexibility index (Phi) is 10.4. The molecule has 0 aliphatic heterocycles. The third kappa shape index (κ3) is 7.22. The van der Waals surface area contributed by atoms with Crippen molar-refractivity contribution in [2.24, 2.45) is 0 Å². The van der Waals surface area contributed by atoms with E-state index in [0.29, 0.717) is 0 Å². The molecule has 0 saturated carbocycles. The molecule has 0 N–H and O–H groups in total. The second kappa shape index (κ2) is 10.6. The van der Waals surface area contributed by atoms with Gasteiger partial charge in [0, 0.05) is 14.2 Å². The molecule has 0 aliphatic rings. The highest BCUT2D eigenvalue weighted by molar-refractivity contribution is 8.90. The summed E-state index contributed by atoms with van der Waals surface area (Å²) in [6.45, 7) is 1.87. The van der Waals surface area contributed by atoms with Crippen molar-refractivity contribution in [3.05, 3.63) is 0 Å². The van der Waals surface area contributed by atoms with Gasteiger partial charge in [0.2, 0.25) is 0 Å². The molecule has 2 unspecified atom stereocenters. The predicted octanol–water partition coefficient (Wildman–Crippen LogP) is 1.40. The van der Waals surface area contributed by atoms with Gasteiger partial charge in [0.1, 0.15) is 5.25 Å². The second-order valence-electron chi connectivity index (χ2n) is 2.92. The third-order valence-electron chi connectivity index (χ3n) is 1.74. The minimum Gasteiger partial charge on any atom is -0.468 e. The lowest BCUT2D eigenvalue weighted by molar-refractivity contribution is -0.148. The first kappa shape index (κ1) is 18.8. The summed E-state index contributed by atoms with van der Waals surface area (Å²) in [5.41, 5.74) is 0. The Labute approximate surface area is 119 Å². The zero-order valence-electron chi connectivity index (χ0n) is 11.1. The number of carbonyl (C=O) groups excluding carboxylic acids is 2. The molecule has 0 aliphatic carbocycles. The van der Waals surface area contributed by atoms with Crippen molar-refractivity contribution in [3.8, 4) is 0 Å². The van der Waals surface area contributed by atoms with Crippen LogP contribution in [0.1, 0.15) is 13.3 Å². The summed E-state index contributed by atoms with van der Waals surface area (Å²) < 4.78 is 30.9. The van der Waals surface area contributed by atoms with Gasteiger partial charge in [-0.25, -0.2) is 4.21 Å². The fourth-order valence-electron chi connectivity index (χ4n) is 0.990. The Morgan fingerprint density at radius 2 is 1.84 bits per heavy atom. The Morgan fingerprint density at radius 1 is 1.26 bits per heavy atom. The second-order valence-corrected chi connectivity index (χ2v) is 9.41. The summed E-state index contributed by atoms with van der Waals surface area (Å²) in [7, 11) is 1.43. The average molecular weight is 332 g/mol. The Balaban J connectivity index is 4.64. The number of esters is 2. The summed E-state index contributed by atoms with van der Waals surface area (Å²) in [5, 5.41) is -0.916. The van der Waals surface area contributed by atoms with Crippen LogP contribution in [0.25, 0.3) is 0 Å². The van der Waals surface area contributed by atoms with Crippen LogP contribution >= 0.6 is 18.4 Å². The zero-order chi connectivity index (χ0) is 14.8. The van der Waals surface area contributed by atoms with E-state index < -0.39 is 34.2 Å². The highest BCUT2D eigenvalue weighted by Gasteiger charge is 2.30. The van der Waals surface area contributed by atoms with Crippen molar-refractivity contribution in [1.29, 1.82) is 0 Å². The molecule has 0 bridgehead atoms. The highest BCUT2D eigenvalue weighted by atomic mass is 33.3. The van der Waals surface area contributed by atoms with E-state index in [1.807, 2.05) is 0 Å². The normalized spacial score (nSPS) is 13.9. The third-order valence-corrected chi connectivity index (χ3v) is 8.02. The first-order valence-electron chi connectivity index (χ1n) is 5.20. The monoisotopic (exact) mass is 332 g/mol. The quantitative estimate of drug-likeness (QED) is 0.356. The summed E-state index contributed by atoms with van der Waals surface area (Å²) in [6.07, 6.45) is -0.215. The van der Waals surface area contributed by atoms with Gasteiger partial charge >= 0.3 is 11.9 Å². The predicted molar refractivity (Wildman–Crippen MR) is 73.7 cm³/mol. The van der Waals surface area contributed by atoms with Crippen LogP contribution in [0.5, 0.6) is 0 Å². The van der Waals surface area contributed by atoms with Crippen molar-refractivity contribution in [2.75, 3.05) is 27.9 Å². The molecule has 0 aromatic heterocycles. The summed E-state index contributed by atoms with van der Waals surface area (Å²) in [4.78, 5) is 22.9. The molecule has 0 amide bonds. The molecule has 10 heteroatoms. The lowest BCUT2D eigenvalue weighted by Crippen LogP contribution is -2.24. The van der Waals surface area contributed by atoms with Gasteiger partial charge in [0.15, 0.2) is 9.45 Å². The van der Waals surface area contributed by atoms with Crippen LogP contribution in [-0.4, -0.2) is 49.3 Å². The van der Waals surface area contributed by atoms with E-state index in [1.54, 1.807) is 6.92 Å². The smallest absolute Gasteiger partial charge is 0.320 e. The van der Waals surface area contributed by atoms with E-state index in [1.165, 1.54) is 21.3 Å². The molecular weight excluding hydrogens is 315 g/mol. The van der Waals surface area contributed by atoms with Crippen LogP contribution < -0.4 is 0 Å². The molecule has 0 heterocycles. The molecule has 19 heavy (non-hydrogen) atoms. The fraction of sp³-hybridized carbons (Fsp3) is 0.778. The van der Waals surface area contributed by atoms with Crippen molar-refractivity contribution >= 4 is 39.8 Å². The van der Waals surface area contributed by atoms with Crippen molar-refractivity contribution in [2.45, 2.75) is 18.6 Å². The molecule has 7 nitrogen and oxygen atoms in total. The first-order chi connectivity index (χ1) is 8.99. The minimum absolute atomic E-state index is 0.212. The van der Waals surface area contributed by atoms with Crippen LogP contribution in [0.2, 0.25) is 0 Å². The lowest BCUT2D eigenvalue weighted by Gasteiger charge is -2.15. The number of carbonyl (C=O) groups is 2. The Hall–Kier alpha value is -0.210. The van der Waals surface area contributed by atoms with Gasteiger partial charge in [-0.05, 0) is 17.7 Å². The number of rotatable bonds is 9. The molecule has 0 aromatic rings. The van der Waals surface area contributed by atoms with Crippen LogP contribution in [0.15, 0.2) is 0 Å².